The average Bonchev–Trinajstić information content (AvgIpc) is 1.73. The molecule has 1 fully saturated rings. The quantitative estimate of drug-likeness (QED) is 0.329. The summed E-state index contributed by atoms with van der Waals surface area (Å²) in [5.74, 6) is 0. The lowest BCUT2D eigenvalue weighted by molar-refractivity contribution is 0.0850. The van der Waals surface area contributed by atoms with E-state index in [4.69, 9.17) is 9.11 Å². The summed E-state index contributed by atoms with van der Waals surface area (Å²) in [5.41, 5.74) is 0. The Morgan fingerprint density at radius 1 is 1.33 bits per heavy atom. The lowest BCUT2D eigenvalue weighted by Crippen LogP contribution is -2.07. The third-order valence-corrected chi connectivity index (χ3v) is 0.736. The van der Waals surface area contributed by atoms with Gasteiger partial charge in [0.15, 0.2) is 0 Å². The Balaban J connectivity index is 2.96. The van der Waals surface area contributed by atoms with Crippen LogP contribution in [-0.2, 0) is 18.9 Å². The van der Waals surface area contributed by atoms with Crippen LogP contribution in [0.25, 0.3) is 0 Å². The molecule has 1 aliphatic rings. The van der Waals surface area contributed by atoms with Crippen LogP contribution in [0.3, 0.4) is 0 Å². The second kappa shape index (κ2) is 0.553. The Bertz CT molecular complexity index is 117. The maximum Gasteiger partial charge on any atom is 0.361 e. The van der Waals surface area contributed by atoms with Crippen LogP contribution < -0.4 is 0 Å². The highest BCUT2D eigenvalue weighted by molar-refractivity contribution is 8.05. The van der Waals surface area contributed by atoms with E-state index in [-0.39, 0.29) is 0 Å². The zero-order chi connectivity index (χ0) is 4.86. The van der Waals surface area contributed by atoms with Crippen molar-refractivity contribution in [2.45, 2.75) is 0 Å². The Hall–Kier alpha value is -0.0100. The molecular formula is H2O5S. The highest BCUT2D eigenvalue weighted by atomic mass is 32.4. The van der Waals surface area contributed by atoms with Crippen LogP contribution in [0, 0.1) is 0 Å². The molecule has 0 radical (unpaired) electrons. The minimum absolute atomic E-state index is 3.25. The molecule has 0 aromatic heterocycles. The smallest absolute Gasteiger partial charge is 0.264 e. The van der Waals surface area contributed by atoms with E-state index >= 15 is 0 Å². The van der Waals surface area contributed by atoms with Crippen molar-refractivity contribution in [1.82, 2.24) is 0 Å². The molecule has 1 rings (SSSR count). The van der Waals surface area contributed by atoms with Gasteiger partial charge in [0, 0.05) is 0 Å². The molecule has 5 nitrogen and oxygen atoms in total. The second-order valence-electron chi connectivity index (χ2n) is 0.869. The highest BCUT2D eigenvalue weighted by Crippen LogP contribution is 2.35. The van der Waals surface area contributed by atoms with Crippen molar-refractivity contribution in [3.05, 3.63) is 0 Å². The predicted octanol–water partition coefficient (Wildman–Crippen LogP) is -0.456. The molecule has 0 aromatic rings. The van der Waals surface area contributed by atoms with E-state index in [0.29, 0.717) is 0 Å². The molecule has 1 saturated heterocycles. The van der Waals surface area contributed by atoms with Crippen LogP contribution in [0.2, 0.25) is 0 Å². The van der Waals surface area contributed by atoms with Crippen molar-refractivity contribution in [3.8, 4) is 0 Å². The van der Waals surface area contributed by atoms with Gasteiger partial charge < -0.3 is 0 Å². The minimum atomic E-state index is -4.85. The Kier molecular flexibility index (Phi) is 0.383. The molecule has 38 valence electrons. The predicted molar refractivity (Wildman–Crippen MR) is 15.6 cm³/mol. The summed E-state index contributed by atoms with van der Waals surface area (Å²) < 4.78 is 31.6. The van der Waals surface area contributed by atoms with E-state index in [1.54, 1.807) is 0 Å². The number of hydrogen-bond acceptors (Lipinski definition) is 3. The first kappa shape index (κ1) is 4.16. The minimum Gasteiger partial charge on any atom is -0.264 e. The van der Waals surface area contributed by atoms with E-state index < -0.39 is 10.2 Å². The maximum absolute atomic E-state index is 9.57. The van der Waals surface area contributed by atoms with Crippen molar-refractivity contribution in [2.24, 2.45) is 0 Å². The van der Waals surface area contributed by atoms with Gasteiger partial charge in [0.1, 0.15) is 0 Å². The van der Waals surface area contributed by atoms with E-state index in [1.807, 2.05) is 0 Å². The molecule has 6 heavy (non-hydrogen) atoms. The molecule has 0 bridgehead atoms. The molecule has 0 aromatic carbocycles. The molecule has 2 N–H and O–H groups in total. The Morgan fingerprint density at radius 2 is 1.50 bits per heavy atom. The topological polar surface area (TPSA) is 82.6 Å². The fourth-order valence-corrected chi connectivity index (χ4v) is 0.326. The van der Waals surface area contributed by atoms with E-state index in [1.165, 1.54) is 0 Å². The van der Waals surface area contributed by atoms with Crippen molar-refractivity contribution >= 4 is 10.2 Å². The molecule has 1 aliphatic heterocycles. The number of rotatable bonds is 0. The average molecular weight is 114 g/mol. The monoisotopic (exact) mass is 114 g/mol. The van der Waals surface area contributed by atoms with Gasteiger partial charge in [-0.1, -0.05) is 8.67 Å². The lowest BCUT2D eigenvalue weighted by atomic mass is 15.0. The molecular weight excluding hydrogens is 112 g/mol. The SMILES string of the molecule is O=S1(O)(O)OO1. The summed E-state index contributed by atoms with van der Waals surface area (Å²) in [6, 6.07) is 0. The Labute approximate surface area is 33.3 Å². The van der Waals surface area contributed by atoms with Crippen molar-refractivity contribution in [3.63, 3.8) is 0 Å². The molecule has 0 spiro atoms. The largest absolute Gasteiger partial charge is 0.361 e. The molecule has 0 amide bonds. The van der Waals surface area contributed by atoms with Crippen molar-refractivity contribution in [1.29, 1.82) is 0 Å². The van der Waals surface area contributed by atoms with Crippen molar-refractivity contribution in [2.75, 3.05) is 0 Å². The molecule has 1 heterocycles. The number of hydrogen-bond donors (Lipinski definition) is 2. The van der Waals surface area contributed by atoms with E-state index in [0.717, 1.165) is 0 Å². The van der Waals surface area contributed by atoms with Crippen LogP contribution in [0.4, 0.5) is 0 Å². The fourth-order valence-electron chi connectivity index (χ4n) is 0.0362. The Morgan fingerprint density at radius 3 is 1.50 bits per heavy atom. The normalized spacial score (nSPS) is 42.7. The summed E-state index contributed by atoms with van der Waals surface area (Å²) >= 11 is 0. The molecule has 0 saturated carbocycles. The fraction of sp³-hybridized carbons (Fsp3) is 0. The van der Waals surface area contributed by atoms with Crippen LogP contribution in [0.5, 0.6) is 0 Å². The third-order valence-electron chi connectivity index (χ3n) is 0.245. The van der Waals surface area contributed by atoms with Gasteiger partial charge in [-0.25, -0.2) is 0 Å². The van der Waals surface area contributed by atoms with Gasteiger partial charge in [0.25, 0.3) is 0 Å². The first-order valence-corrected chi connectivity index (χ1v) is 2.76. The standard InChI is InChI=1S/H2O5S/c1-6(2,3)4-5-6/h(H2,1,2,3). The first-order chi connectivity index (χ1) is 2.47. The third kappa shape index (κ3) is 0.730. The van der Waals surface area contributed by atoms with Gasteiger partial charge >= 0.3 is 10.2 Å². The van der Waals surface area contributed by atoms with Crippen LogP contribution in [-0.4, -0.2) is 13.3 Å². The molecule has 6 heteroatoms. The van der Waals surface area contributed by atoms with Gasteiger partial charge in [-0.3, -0.25) is 9.11 Å². The van der Waals surface area contributed by atoms with Crippen LogP contribution >= 0.6 is 0 Å². The summed E-state index contributed by atoms with van der Waals surface area (Å²) in [6.07, 6.45) is 0. The zero-order valence-corrected chi connectivity index (χ0v) is 3.34. The van der Waals surface area contributed by atoms with Gasteiger partial charge in [0.2, 0.25) is 0 Å². The van der Waals surface area contributed by atoms with Gasteiger partial charge in [-0.05, 0) is 0 Å². The molecule has 0 aliphatic carbocycles. The zero-order valence-electron chi connectivity index (χ0n) is 2.53. The van der Waals surface area contributed by atoms with E-state index in [2.05, 4.69) is 8.67 Å². The van der Waals surface area contributed by atoms with Crippen LogP contribution in [0.1, 0.15) is 0 Å². The van der Waals surface area contributed by atoms with Gasteiger partial charge in [0.05, 0.1) is 0 Å². The first-order valence-electron chi connectivity index (χ1n) is 1.03. The van der Waals surface area contributed by atoms with Gasteiger partial charge in [-0.2, -0.15) is 4.21 Å². The molecule has 0 atom stereocenters. The maximum atomic E-state index is 9.57. The summed E-state index contributed by atoms with van der Waals surface area (Å²) in [4.78, 5) is 0. The van der Waals surface area contributed by atoms with Crippen LogP contribution in [0.15, 0.2) is 0 Å². The second-order valence-corrected chi connectivity index (χ2v) is 2.61. The van der Waals surface area contributed by atoms with E-state index in [9.17, 15) is 4.21 Å². The summed E-state index contributed by atoms with van der Waals surface area (Å²) in [5, 5.41) is 0. The highest BCUT2D eigenvalue weighted by Gasteiger charge is 2.52. The summed E-state index contributed by atoms with van der Waals surface area (Å²) in [7, 11) is -4.85. The molecule has 0 unspecified atom stereocenters. The summed E-state index contributed by atoms with van der Waals surface area (Å²) in [6.45, 7) is 0. The lowest BCUT2D eigenvalue weighted by Gasteiger charge is -1.88. The van der Waals surface area contributed by atoms with Gasteiger partial charge in [-0.15, -0.1) is 0 Å². The van der Waals surface area contributed by atoms with Crippen molar-refractivity contribution < 1.29 is 22.0 Å².